The fourth-order valence-corrected chi connectivity index (χ4v) is 1.95. The van der Waals surface area contributed by atoms with Crippen LogP contribution in [0.25, 0.3) is 10.8 Å². The summed E-state index contributed by atoms with van der Waals surface area (Å²) in [5, 5.41) is 5.78. The van der Waals surface area contributed by atoms with Gasteiger partial charge in [-0.3, -0.25) is 4.99 Å². The van der Waals surface area contributed by atoms with Crippen LogP contribution >= 0.6 is 11.3 Å². The molecule has 0 aliphatic rings. The Balaban J connectivity index is 2.03. The number of aliphatic imine (C=N–C) groups is 1. The minimum atomic E-state index is 0.410. The number of guanidine groups is 1. The Morgan fingerprint density at radius 3 is 3.25 bits per heavy atom. The molecule has 0 aliphatic carbocycles. The highest BCUT2D eigenvalue weighted by Gasteiger charge is 2.06. The van der Waals surface area contributed by atoms with Gasteiger partial charge in [-0.05, 0) is 12.1 Å². The Bertz CT molecular complexity index is 475. The molecule has 2 aromatic rings. The van der Waals surface area contributed by atoms with Gasteiger partial charge in [-0.2, -0.15) is 0 Å². The number of nitrogens with one attached hydrogen (secondary N) is 1. The van der Waals surface area contributed by atoms with E-state index in [1.807, 2.05) is 17.5 Å². The first-order valence-corrected chi connectivity index (χ1v) is 5.62. The van der Waals surface area contributed by atoms with E-state index in [1.54, 1.807) is 24.6 Å². The molecule has 0 unspecified atom stereocenters. The Kier molecular flexibility index (Phi) is 3.21. The number of nitrogens with zero attached hydrogens (tertiary/aromatic N) is 2. The number of furan rings is 1. The third-order valence-electron chi connectivity index (χ3n) is 1.98. The van der Waals surface area contributed by atoms with Crippen LogP contribution in [0.2, 0.25) is 0 Å². The molecule has 2 aromatic heterocycles. The number of thiazole rings is 1. The summed E-state index contributed by atoms with van der Waals surface area (Å²) in [7, 11) is 1.64. The predicted molar refractivity (Wildman–Crippen MR) is 64.2 cm³/mol. The molecule has 0 fully saturated rings. The van der Waals surface area contributed by atoms with Gasteiger partial charge in [0.1, 0.15) is 0 Å². The van der Waals surface area contributed by atoms with Crippen LogP contribution in [0.5, 0.6) is 0 Å². The van der Waals surface area contributed by atoms with E-state index in [0.717, 1.165) is 16.5 Å². The van der Waals surface area contributed by atoms with Gasteiger partial charge in [-0.1, -0.05) is 0 Å². The second-order valence-corrected chi connectivity index (χ2v) is 3.94. The van der Waals surface area contributed by atoms with Crippen molar-refractivity contribution in [1.29, 1.82) is 0 Å². The maximum absolute atomic E-state index is 5.52. The quantitative estimate of drug-likeness (QED) is 0.624. The van der Waals surface area contributed by atoms with Gasteiger partial charge in [0.2, 0.25) is 0 Å². The van der Waals surface area contributed by atoms with Crippen LogP contribution in [0.1, 0.15) is 5.69 Å². The first-order valence-electron chi connectivity index (χ1n) is 4.74. The molecule has 0 amide bonds. The molecule has 0 atom stereocenters. The second kappa shape index (κ2) is 4.80. The first-order chi connectivity index (χ1) is 7.79. The van der Waals surface area contributed by atoms with Crippen molar-refractivity contribution in [2.24, 2.45) is 10.7 Å². The van der Waals surface area contributed by atoms with Gasteiger partial charge in [0.05, 0.1) is 18.5 Å². The molecule has 0 saturated heterocycles. The van der Waals surface area contributed by atoms with Crippen LogP contribution in [0.4, 0.5) is 0 Å². The first kappa shape index (κ1) is 10.7. The van der Waals surface area contributed by atoms with Crippen LogP contribution in [0.3, 0.4) is 0 Å². The maximum atomic E-state index is 5.52. The number of rotatable bonds is 3. The van der Waals surface area contributed by atoms with E-state index >= 15 is 0 Å². The minimum Gasteiger partial charge on any atom is -0.462 e. The van der Waals surface area contributed by atoms with Gasteiger partial charge in [-0.15, -0.1) is 11.3 Å². The van der Waals surface area contributed by atoms with E-state index in [-0.39, 0.29) is 0 Å². The molecule has 0 aliphatic heterocycles. The van der Waals surface area contributed by atoms with Gasteiger partial charge < -0.3 is 15.5 Å². The summed E-state index contributed by atoms with van der Waals surface area (Å²) in [6.45, 7) is 0.570. The lowest BCUT2D eigenvalue weighted by Crippen LogP contribution is -2.30. The molecule has 0 spiro atoms. The van der Waals surface area contributed by atoms with E-state index in [4.69, 9.17) is 10.2 Å². The zero-order chi connectivity index (χ0) is 11.4. The predicted octanol–water partition coefficient (Wildman–Crippen LogP) is 1.44. The summed E-state index contributed by atoms with van der Waals surface area (Å²) in [4.78, 5) is 8.21. The SMILES string of the molecule is CN=C(N)NCc1csc(-c2ccco2)n1. The largest absolute Gasteiger partial charge is 0.462 e. The zero-order valence-corrected chi connectivity index (χ0v) is 9.62. The van der Waals surface area contributed by atoms with Crippen LogP contribution in [-0.2, 0) is 6.54 Å². The Labute approximate surface area is 97.0 Å². The zero-order valence-electron chi connectivity index (χ0n) is 8.80. The highest BCUT2D eigenvalue weighted by atomic mass is 32.1. The van der Waals surface area contributed by atoms with E-state index < -0.39 is 0 Å². The molecule has 2 heterocycles. The van der Waals surface area contributed by atoms with Gasteiger partial charge >= 0.3 is 0 Å². The number of hydrogen-bond donors (Lipinski definition) is 2. The highest BCUT2D eigenvalue weighted by Crippen LogP contribution is 2.23. The summed E-state index contributed by atoms with van der Waals surface area (Å²) in [5.41, 5.74) is 6.44. The Morgan fingerprint density at radius 2 is 2.56 bits per heavy atom. The summed E-state index contributed by atoms with van der Waals surface area (Å²) in [6.07, 6.45) is 1.64. The molecule has 16 heavy (non-hydrogen) atoms. The van der Waals surface area contributed by atoms with Gasteiger partial charge in [0, 0.05) is 12.4 Å². The molecule has 5 nitrogen and oxygen atoms in total. The summed E-state index contributed by atoms with van der Waals surface area (Å²) in [5.74, 6) is 1.20. The number of nitrogens with two attached hydrogens (primary N) is 1. The van der Waals surface area contributed by atoms with Gasteiger partial charge in [0.25, 0.3) is 0 Å². The van der Waals surface area contributed by atoms with Crippen molar-refractivity contribution < 1.29 is 4.42 Å². The summed E-state index contributed by atoms with van der Waals surface area (Å²) >= 11 is 1.54. The van der Waals surface area contributed by atoms with E-state index in [9.17, 15) is 0 Å². The minimum absolute atomic E-state index is 0.410. The van der Waals surface area contributed by atoms with Crippen LogP contribution < -0.4 is 11.1 Å². The number of aromatic nitrogens is 1. The average Bonchev–Trinajstić information content (AvgIpc) is 2.95. The smallest absolute Gasteiger partial charge is 0.188 e. The van der Waals surface area contributed by atoms with E-state index in [1.165, 1.54) is 0 Å². The molecule has 2 rings (SSSR count). The summed E-state index contributed by atoms with van der Waals surface area (Å²) in [6, 6.07) is 3.73. The van der Waals surface area contributed by atoms with Crippen molar-refractivity contribution in [2.45, 2.75) is 6.54 Å². The normalized spacial score (nSPS) is 11.7. The molecular weight excluding hydrogens is 224 g/mol. The number of hydrogen-bond acceptors (Lipinski definition) is 4. The molecule has 0 radical (unpaired) electrons. The van der Waals surface area contributed by atoms with Gasteiger partial charge in [-0.25, -0.2) is 4.98 Å². The standard InChI is InChI=1S/C10H12N4OS/c1-12-10(11)13-5-7-6-16-9(14-7)8-3-2-4-15-8/h2-4,6H,5H2,1H3,(H3,11,12,13). The monoisotopic (exact) mass is 236 g/mol. The van der Waals surface area contributed by atoms with Crippen LogP contribution in [0, 0.1) is 0 Å². The molecule has 0 bridgehead atoms. The fourth-order valence-electron chi connectivity index (χ4n) is 1.16. The maximum Gasteiger partial charge on any atom is 0.188 e. The van der Waals surface area contributed by atoms with Crippen molar-refractivity contribution in [2.75, 3.05) is 7.05 Å². The Morgan fingerprint density at radius 1 is 1.69 bits per heavy atom. The summed E-state index contributed by atoms with van der Waals surface area (Å²) < 4.78 is 5.26. The molecular formula is C10H12N4OS. The molecule has 84 valence electrons. The molecule has 0 saturated carbocycles. The van der Waals surface area contributed by atoms with Crippen LogP contribution in [-0.4, -0.2) is 18.0 Å². The fraction of sp³-hybridized carbons (Fsp3) is 0.200. The van der Waals surface area contributed by atoms with Crippen molar-refractivity contribution in [3.63, 3.8) is 0 Å². The average molecular weight is 236 g/mol. The molecule has 3 N–H and O–H groups in total. The molecule has 0 aromatic carbocycles. The van der Waals surface area contributed by atoms with Crippen molar-refractivity contribution in [3.05, 3.63) is 29.5 Å². The highest BCUT2D eigenvalue weighted by molar-refractivity contribution is 7.13. The third kappa shape index (κ3) is 2.40. The van der Waals surface area contributed by atoms with E-state index in [0.29, 0.717) is 12.5 Å². The topological polar surface area (TPSA) is 76.4 Å². The van der Waals surface area contributed by atoms with Crippen LogP contribution in [0.15, 0.2) is 33.2 Å². The lowest BCUT2D eigenvalue weighted by molar-refractivity contribution is 0.581. The molecule has 6 heteroatoms. The Hall–Kier alpha value is -1.82. The van der Waals surface area contributed by atoms with Crippen molar-refractivity contribution >= 4 is 17.3 Å². The van der Waals surface area contributed by atoms with E-state index in [2.05, 4.69) is 15.3 Å². The second-order valence-electron chi connectivity index (χ2n) is 3.08. The lowest BCUT2D eigenvalue weighted by atomic mass is 10.4. The lowest BCUT2D eigenvalue weighted by Gasteiger charge is -2.00. The van der Waals surface area contributed by atoms with Crippen molar-refractivity contribution in [1.82, 2.24) is 10.3 Å². The third-order valence-corrected chi connectivity index (χ3v) is 2.88. The van der Waals surface area contributed by atoms with Crippen molar-refractivity contribution in [3.8, 4) is 10.8 Å². The van der Waals surface area contributed by atoms with Gasteiger partial charge in [0.15, 0.2) is 16.7 Å².